The molecule has 4 heteroatoms. The third-order valence-corrected chi connectivity index (χ3v) is 3.43. The molecule has 1 rings (SSSR count). The Hall–Kier alpha value is -1.39. The highest BCUT2D eigenvalue weighted by Crippen LogP contribution is 2.09. The lowest BCUT2D eigenvalue weighted by Crippen LogP contribution is -2.43. The van der Waals surface area contributed by atoms with Gasteiger partial charge in [-0.25, -0.2) is 0 Å². The van der Waals surface area contributed by atoms with E-state index < -0.39 is 6.04 Å². The van der Waals surface area contributed by atoms with Gasteiger partial charge in [0.25, 0.3) is 0 Å². The van der Waals surface area contributed by atoms with Crippen molar-refractivity contribution in [2.45, 2.75) is 38.6 Å². The van der Waals surface area contributed by atoms with Gasteiger partial charge in [-0.2, -0.15) is 0 Å². The maximum absolute atomic E-state index is 12.0. The minimum Gasteiger partial charge on any atom is -0.396 e. The number of hydrogen-bond acceptors (Lipinski definition) is 3. The minimum absolute atomic E-state index is 0.118. The monoisotopic (exact) mass is 278 g/mol. The van der Waals surface area contributed by atoms with Gasteiger partial charge in [0, 0.05) is 13.2 Å². The van der Waals surface area contributed by atoms with Crippen molar-refractivity contribution in [2.24, 2.45) is 11.7 Å². The van der Waals surface area contributed by atoms with Crippen LogP contribution in [0.15, 0.2) is 30.3 Å². The predicted molar refractivity (Wildman–Crippen MR) is 81.2 cm³/mol. The summed E-state index contributed by atoms with van der Waals surface area (Å²) in [6.45, 7) is 2.86. The van der Waals surface area contributed by atoms with Crippen LogP contribution < -0.4 is 11.1 Å². The average molecular weight is 278 g/mol. The summed E-state index contributed by atoms with van der Waals surface area (Å²) in [5.74, 6) is 0.214. The molecule has 1 amide bonds. The highest BCUT2D eigenvalue weighted by molar-refractivity contribution is 5.81. The van der Waals surface area contributed by atoms with Crippen molar-refractivity contribution in [2.75, 3.05) is 13.2 Å². The summed E-state index contributed by atoms with van der Waals surface area (Å²) in [6.07, 6.45) is 3.33. The number of carbonyl (C=O) groups excluding carboxylic acids is 1. The van der Waals surface area contributed by atoms with Gasteiger partial charge in [-0.1, -0.05) is 43.7 Å². The average Bonchev–Trinajstić information content (AvgIpc) is 2.46. The van der Waals surface area contributed by atoms with Crippen LogP contribution in [0.4, 0.5) is 0 Å². The number of hydrogen-bond donors (Lipinski definition) is 3. The van der Waals surface area contributed by atoms with Crippen molar-refractivity contribution in [3.8, 4) is 0 Å². The van der Waals surface area contributed by atoms with Crippen molar-refractivity contribution in [1.29, 1.82) is 0 Å². The first-order valence-electron chi connectivity index (χ1n) is 7.35. The van der Waals surface area contributed by atoms with Gasteiger partial charge in [0.1, 0.15) is 0 Å². The topological polar surface area (TPSA) is 75.3 Å². The summed E-state index contributed by atoms with van der Waals surface area (Å²) < 4.78 is 0. The smallest absolute Gasteiger partial charge is 0.237 e. The molecule has 1 aromatic rings. The van der Waals surface area contributed by atoms with Gasteiger partial charge in [0.05, 0.1) is 6.04 Å². The SMILES string of the molecule is CCCC(CCO)CNC(=O)[C@@H](N)Cc1ccccc1. The standard InChI is InChI=1S/C16H26N2O2/c1-2-6-14(9-10-19)12-18-16(20)15(17)11-13-7-4-3-5-8-13/h3-5,7-8,14-15,19H,2,6,9-12,17H2,1H3,(H,18,20)/t14?,15-/m0/s1. The molecule has 0 radical (unpaired) electrons. The van der Waals surface area contributed by atoms with Gasteiger partial charge < -0.3 is 16.2 Å². The van der Waals surface area contributed by atoms with Crippen LogP contribution in [0.3, 0.4) is 0 Å². The van der Waals surface area contributed by atoms with Crippen LogP contribution in [-0.2, 0) is 11.2 Å². The lowest BCUT2D eigenvalue weighted by atomic mass is 10.00. The zero-order chi connectivity index (χ0) is 14.8. The van der Waals surface area contributed by atoms with Crippen LogP contribution in [0.25, 0.3) is 0 Å². The van der Waals surface area contributed by atoms with E-state index in [1.54, 1.807) is 0 Å². The number of amides is 1. The Morgan fingerprint density at radius 2 is 2.00 bits per heavy atom. The number of benzene rings is 1. The van der Waals surface area contributed by atoms with E-state index in [0.29, 0.717) is 18.9 Å². The Bertz CT molecular complexity index is 375. The van der Waals surface area contributed by atoms with Crippen LogP contribution in [0.1, 0.15) is 31.7 Å². The molecule has 0 saturated heterocycles. The van der Waals surface area contributed by atoms with E-state index in [2.05, 4.69) is 12.2 Å². The van der Waals surface area contributed by atoms with Crippen LogP contribution >= 0.6 is 0 Å². The molecule has 0 heterocycles. The molecule has 4 nitrogen and oxygen atoms in total. The van der Waals surface area contributed by atoms with E-state index in [1.165, 1.54) is 0 Å². The van der Waals surface area contributed by atoms with E-state index in [-0.39, 0.29) is 12.5 Å². The molecular weight excluding hydrogens is 252 g/mol. The Balaban J connectivity index is 2.37. The molecule has 20 heavy (non-hydrogen) atoms. The highest BCUT2D eigenvalue weighted by Gasteiger charge is 2.15. The summed E-state index contributed by atoms with van der Waals surface area (Å²) in [7, 11) is 0. The summed E-state index contributed by atoms with van der Waals surface area (Å²) in [4.78, 5) is 12.0. The number of nitrogens with one attached hydrogen (secondary N) is 1. The summed E-state index contributed by atoms with van der Waals surface area (Å²) in [5.41, 5.74) is 6.99. The molecule has 1 aromatic carbocycles. The van der Waals surface area contributed by atoms with Crippen molar-refractivity contribution in [3.63, 3.8) is 0 Å². The molecule has 0 aliphatic heterocycles. The maximum Gasteiger partial charge on any atom is 0.237 e. The van der Waals surface area contributed by atoms with Crippen LogP contribution in [0, 0.1) is 5.92 Å². The number of nitrogens with two attached hydrogens (primary N) is 1. The molecule has 0 saturated carbocycles. The lowest BCUT2D eigenvalue weighted by Gasteiger charge is -2.18. The minimum atomic E-state index is -0.520. The van der Waals surface area contributed by atoms with Gasteiger partial charge in [-0.15, -0.1) is 0 Å². The van der Waals surface area contributed by atoms with E-state index in [4.69, 9.17) is 10.8 Å². The summed E-state index contributed by atoms with van der Waals surface area (Å²) >= 11 is 0. The van der Waals surface area contributed by atoms with E-state index in [0.717, 1.165) is 24.8 Å². The normalized spacial score (nSPS) is 13.8. The number of aliphatic hydroxyl groups excluding tert-OH is 1. The molecule has 0 aliphatic rings. The van der Waals surface area contributed by atoms with Gasteiger partial charge in [0.15, 0.2) is 0 Å². The first kappa shape index (κ1) is 16.7. The van der Waals surface area contributed by atoms with Crippen LogP contribution in [0.2, 0.25) is 0 Å². The van der Waals surface area contributed by atoms with Gasteiger partial charge in [-0.05, 0) is 30.7 Å². The third-order valence-electron chi connectivity index (χ3n) is 3.43. The molecule has 0 aromatic heterocycles. The summed E-state index contributed by atoms with van der Waals surface area (Å²) in [5, 5.41) is 11.9. The van der Waals surface area contributed by atoms with Crippen molar-refractivity contribution in [1.82, 2.24) is 5.32 Å². The first-order valence-corrected chi connectivity index (χ1v) is 7.35. The Morgan fingerprint density at radius 3 is 2.60 bits per heavy atom. The first-order chi connectivity index (χ1) is 9.67. The zero-order valence-corrected chi connectivity index (χ0v) is 12.2. The van der Waals surface area contributed by atoms with Crippen LogP contribution in [0.5, 0.6) is 0 Å². The van der Waals surface area contributed by atoms with Gasteiger partial charge in [0.2, 0.25) is 5.91 Å². The van der Waals surface area contributed by atoms with E-state index in [1.807, 2.05) is 30.3 Å². The highest BCUT2D eigenvalue weighted by atomic mass is 16.3. The number of rotatable bonds is 9. The molecule has 112 valence electrons. The fourth-order valence-electron chi connectivity index (χ4n) is 2.28. The Kier molecular flexibility index (Phi) is 7.92. The molecule has 0 bridgehead atoms. The third kappa shape index (κ3) is 6.17. The lowest BCUT2D eigenvalue weighted by molar-refractivity contribution is -0.122. The van der Waals surface area contributed by atoms with Crippen molar-refractivity contribution in [3.05, 3.63) is 35.9 Å². The Labute approximate surface area is 121 Å². The predicted octanol–water partition coefficient (Wildman–Crippen LogP) is 1.47. The van der Waals surface area contributed by atoms with E-state index in [9.17, 15) is 4.79 Å². The van der Waals surface area contributed by atoms with Crippen LogP contribution in [-0.4, -0.2) is 30.2 Å². The summed E-state index contributed by atoms with van der Waals surface area (Å²) in [6, 6.07) is 9.25. The second-order valence-corrected chi connectivity index (χ2v) is 5.21. The van der Waals surface area contributed by atoms with Gasteiger partial charge in [-0.3, -0.25) is 4.79 Å². The van der Waals surface area contributed by atoms with Gasteiger partial charge >= 0.3 is 0 Å². The second-order valence-electron chi connectivity index (χ2n) is 5.21. The molecule has 0 spiro atoms. The number of carbonyl (C=O) groups is 1. The molecule has 4 N–H and O–H groups in total. The zero-order valence-electron chi connectivity index (χ0n) is 12.2. The van der Waals surface area contributed by atoms with Crippen molar-refractivity contribution >= 4 is 5.91 Å². The van der Waals surface area contributed by atoms with E-state index >= 15 is 0 Å². The largest absolute Gasteiger partial charge is 0.396 e. The second kappa shape index (κ2) is 9.50. The Morgan fingerprint density at radius 1 is 1.30 bits per heavy atom. The molecule has 2 atom stereocenters. The van der Waals surface area contributed by atoms with Crippen molar-refractivity contribution < 1.29 is 9.90 Å². The molecule has 0 aliphatic carbocycles. The molecule has 0 fully saturated rings. The fraction of sp³-hybridized carbons (Fsp3) is 0.562. The molecule has 1 unspecified atom stereocenters. The maximum atomic E-state index is 12.0. The fourth-order valence-corrected chi connectivity index (χ4v) is 2.28. The quantitative estimate of drug-likeness (QED) is 0.640. The molecular formula is C16H26N2O2. The number of aliphatic hydroxyl groups is 1.